The van der Waals surface area contributed by atoms with Crippen molar-refractivity contribution in [3.8, 4) is 0 Å². The molecule has 23 heavy (non-hydrogen) atoms. The van der Waals surface area contributed by atoms with E-state index in [-0.39, 0.29) is 0 Å². The molecule has 1 aromatic heterocycles. The largest absolute Gasteiger partial charge is 0.384 e. The second-order valence-corrected chi connectivity index (χ2v) is 7.57. The molecular formula is C17H30N4O2. The molecule has 1 aromatic rings. The van der Waals surface area contributed by atoms with Crippen molar-refractivity contribution in [1.82, 2.24) is 20.3 Å². The molecule has 3 rings (SSSR count). The molecule has 0 radical (unpaired) electrons. The number of aromatic nitrogens is 3. The van der Waals surface area contributed by atoms with E-state index < -0.39 is 5.60 Å². The lowest BCUT2D eigenvalue weighted by Gasteiger charge is -2.34. The van der Waals surface area contributed by atoms with Crippen molar-refractivity contribution in [2.45, 2.75) is 70.1 Å². The third kappa shape index (κ3) is 4.31. The van der Waals surface area contributed by atoms with Crippen molar-refractivity contribution in [2.24, 2.45) is 5.92 Å². The third-order valence-electron chi connectivity index (χ3n) is 5.22. The van der Waals surface area contributed by atoms with Crippen LogP contribution in [0.1, 0.15) is 64.1 Å². The van der Waals surface area contributed by atoms with E-state index in [2.05, 4.69) is 15.6 Å². The van der Waals surface area contributed by atoms with Gasteiger partial charge in [0.1, 0.15) is 11.3 Å². The second-order valence-electron chi connectivity index (χ2n) is 7.57. The number of ether oxygens (including phenoxy) is 1. The van der Waals surface area contributed by atoms with Crippen LogP contribution in [0, 0.1) is 5.92 Å². The smallest absolute Gasteiger partial charge is 0.114 e. The Morgan fingerprint density at radius 1 is 1.26 bits per heavy atom. The summed E-state index contributed by atoms with van der Waals surface area (Å²) in [6.07, 6.45) is 9.06. The molecule has 1 saturated carbocycles. The molecule has 2 fully saturated rings. The van der Waals surface area contributed by atoms with Crippen LogP contribution >= 0.6 is 0 Å². The van der Waals surface area contributed by atoms with Gasteiger partial charge in [0.05, 0.1) is 12.2 Å². The molecular weight excluding hydrogens is 292 g/mol. The highest BCUT2D eigenvalue weighted by molar-refractivity contribution is 5.04. The van der Waals surface area contributed by atoms with E-state index in [0.29, 0.717) is 17.8 Å². The summed E-state index contributed by atoms with van der Waals surface area (Å²) in [4.78, 5) is 0. The minimum Gasteiger partial charge on any atom is -0.384 e. The highest BCUT2D eigenvalue weighted by Crippen LogP contribution is 2.29. The zero-order chi connectivity index (χ0) is 16.3. The van der Waals surface area contributed by atoms with Crippen LogP contribution in [-0.4, -0.2) is 45.9 Å². The number of hydrogen-bond acceptors (Lipinski definition) is 5. The van der Waals surface area contributed by atoms with Crippen LogP contribution < -0.4 is 5.32 Å². The summed E-state index contributed by atoms with van der Waals surface area (Å²) in [6, 6.07) is 0.787. The highest BCUT2D eigenvalue weighted by atomic mass is 16.5. The zero-order valence-electron chi connectivity index (χ0n) is 14.4. The quantitative estimate of drug-likeness (QED) is 0.867. The van der Waals surface area contributed by atoms with Gasteiger partial charge in [-0.25, -0.2) is 4.68 Å². The van der Waals surface area contributed by atoms with Gasteiger partial charge in [-0.1, -0.05) is 18.1 Å². The van der Waals surface area contributed by atoms with Gasteiger partial charge in [-0.05, 0) is 52.0 Å². The molecule has 130 valence electrons. The molecule has 0 bridgehead atoms. The van der Waals surface area contributed by atoms with Crippen molar-refractivity contribution in [3.05, 3.63) is 11.9 Å². The predicted molar refractivity (Wildman–Crippen MR) is 88.1 cm³/mol. The zero-order valence-corrected chi connectivity index (χ0v) is 14.4. The summed E-state index contributed by atoms with van der Waals surface area (Å²) >= 11 is 0. The van der Waals surface area contributed by atoms with Crippen molar-refractivity contribution in [1.29, 1.82) is 0 Å². The Kier molecular flexibility index (Phi) is 5.34. The third-order valence-corrected chi connectivity index (χ3v) is 5.22. The normalized spacial score (nSPS) is 27.3. The molecule has 1 aliphatic heterocycles. The van der Waals surface area contributed by atoms with E-state index in [1.807, 2.05) is 10.9 Å². The lowest BCUT2D eigenvalue weighted by Crippen LogP contribution is -2.43. The molecule has 2 aliphatic rings. The Labute approximate surface area is 138 Å². The van der Waals surface area contributed by atoms with E-state index in [9.17, 15) is 5.11 Å². The fraction of sp³-hybridized carbons (Fsp3) is 0.882. The lowest BCUT2D eigenvalue weighted by molar-refractivity contribution is 0.0639. The average molecular weight is 322 g/mol. The number of nitrogens with zero attached hydrogens (tertiary/aromatic N) is 3. The fourth-order valence-corrected chi connectivity index (χ4v) is 3.65. The SMILES string of the molecule is CC(C)(O)c1cn([C@@H]2CCCC[C@@H]2NCC2CCOCC2)nn1. The molecule has 6 heteroatoms. The highest BCUT2D eigenvalue weighted by Gasteiger charge is 2.30. The van der Waals surface area contributed by atoms with Gasteiger partial charge in [0.15, 0.2) is 0 Å². The minimum absolute atomic E-state index is 0.340. The van der Waals surface area contributed by atoms with Crippen molar-refractivity contribution >= 4 is 0 Å². The van der Waals surface area contributed by atoms with Crippen molar-refractivity contribution in [2.75, 3.05) is 19.8 Å². The van der Waals surface area contributed by atoms with Crippen molar-refractivity contribution in [3.63, 3.8) is 0 Å². The predicted octanol–water partition coefficient (Wildman–Crippen LogP) is 2.01. The molecule has 0 unspecified atom stereocenters. The Bertz CT molecular complexity index is 491. The second kappa shape index (κ2) is 7.28. The first-order chi connectivity index (χ1) is 11.0. The van der Waals surface area contributed by atoms with Crippen LogP contribution in [0.4, 0.5) is 0 Å². The van der Waals surface area contributed by atoms with Gasteiger partial charge >= 0.3 is 0 Å². The molecule has 1 aliphatic carbocycles. The summed E-state index contributed by atoms with van der Waals surface area (Å²) < 4.78 is 7.41. The van der Waals surface area contributed by atoms with Gasteiger partial charge in [-0.15, -0.1) is 5.10 Å². The van der Waals surface area contributed by atoms with E-state index >= 15 is 0 Å². The molecule has 2 heterocycles. The molecule has 0 spiro atoms. The van der Waals surface area contributed by atoms with E-state index in [0.717, 1.165) is 44.9 Å². The standard InChI is InChI=1S/C17H30N4O2/c1-17(2,22)16-12-21(20-19-16)15-6-4-3-5-14(15)18-11-13-7-9-23-10-8-13/h12-15,18,22H,3-11H2,1-2H3/t14-,15+/m0/s1. The number of aliphatic hydroxyl groups is 1. The van der Waals surface area contributed by atoms with Gasteiger partial charge < -0.3 is 15.2 Å². The van der Waals surface area contributed by atoms with Crippen LogP contribution in [0.5, 0.6) is 0 Å². The lowest BCUT2D eigenvalue weighted by atomic mass is 9.89. The van der Waals surface area contributed by atoms with Gasteiger partial charge in [0, 0.05) is 19.3 Å². The molecule has 2 N–H and O–H groups in total. The topological polar surface area (TPSA) is 72.2 Å². The Hall–Kier alpha value is -0.980. The number of hydrogen-bond donors (Lipinski definition) is 2. The number of rotatable bonds is 5. The summed E-state index contributed by atoms with van der Waals surface area (Å²) in [5.41, 5.74) is -0.288. The van der Waals surface area contributed by atoms with Crippen LogP contribution in [0.25, 0.3) is 0 Å². The molecule has 0 amide bonds. The Morgan fingerprint density at radius 3 is 2.70 bits per heavy atom. The van der Waals surface area contributed by atoms with Gasteiger partial charge in [0.25, 0.3) is 0 Å². The van der Waals surface area contributed by atoms with Crippen LogP contribution in [0.15, 0.2) is 6.20 Å². The van der Waals surface area contributed by atoms with Crippen molar-refractivity contribution < 1.29 is 9.84 Å². The Morgan fingerprint density at radius 2 is 2.00 bits per heavy atom. The van der Waals surface area contributed by atoms with Crippen LogP contribution in [0.3, 0.4) is 0 Å². The van der Waals surface area contributed by atoms with Crippen LogP contribution in [-0.2, 0) is 10.3 Å². The van der Waals surface area contributed by atoms with E-state index in [1.165, 1.54) is 19.3 Å². The maximum absolute atomic E-state index is 10.1. The first kappa shape index (κ1) is 16.9. The van der Waals surface area contributed by atoms with Gasteiger partial charge in [-0.3, -0.25) is 0 Å². The minimum atomic E-state index is -0.933. The first-order valence-corrected chi connectivity index (χ1v) is 9.00. The monoisotopic (exact) mass is 322 g/mol. The fourth-order valence-electron chi connectivity index (χ4n) is 3.65. The van der Waals surface area contributed by atoms with Gasteiger partial charge in [0.2, 0.25) is 0 Å². The summed E-state index contributed by atoms with van der Waals surface area (Å²) in [5.74, 6) is 0.731. The number of nitrogens with one attached hydrogen (secondary N) is 1. The first-order valence-electron chi connectivity index (χ1n) is 9.00. The van der Waals surface area contributed by atoms with E-state index in [1.54, 1.807) is 13.8 Å². The maximum Gasteiger partial charge on any atom is 0.114 e. The maximum atomic E-state index is 10.1. The van der Waals surface area contributed by atoms with E-state index in [4.69, 9.17) is 4.74 Å². The summed E-state index contributed by atoms with van der Waals surface area (Å²) in [5, 5.41) is 22.3. The van der Waals surface area contributed by atoms with Gasteiger partial charge in [-0.2, -0.15) is 0 Å². The summed E-state index contributed by atoms with van der Waals surface area (Å²) in [6.45, 7) is 6.38. The molecule has 6 nitrogen and oxygen atoms in total. The Balaban J connectivity index is 1.62. The molecule has 2 atom stereocenters. The summed E-state index contributed by atoms with van der Waals surface area (Å²) in [7, 11) is 0. The average Bonchev–Trinajstić information content (AvgIpc) is 3.04. The molecule has 0 aromatic carbocycles. The van der Waals surface area contributed by atoms with Crippen LogP contribution in [0.2, 0.25) is 0 Å². The molecule has 1 saturated heterocycles.